The van der Waals surface area contributed by atoms with Crippen LogP contribution in [-0.4, -0.2) is 18.5 Å². The van der Waals surface area contributed by atoms with E-state index in [0.717, 1.165) is 24.8 Å². The first kappa shape index (κ1) is 18.2. The number of carbonyl (C=O) groups excluding carboxylic acids is 1. The molecule has 128 valence electrons. The van der Waals surface area contributed by atoms with Crippen LogP contribution in [-0.2, 0) is 4.79 Å². The number of benzene rings is 1. The monoisotopic (exact) mass is 340 g/mol. The van der Waals surface area contributed by atoms with E-state index in [2.05, 4.69) is 5.32 Å². The van der Waals surface area contributed by atoms with E-state index >= 15 is 0 Å². The fourth-order valence-electron chi connectivity index (χ4n) is 3.81. The SMILES string of the molecule is Cl.NCC1(CC(=O)NC2CC2c2cccc(F)c2)CCCCC1. The van der Waals surface area contributed by atoms with Gasteiger partial charge in [-0.1, -0.05) is 31.4 Å². The fourth-order valence-corrected chi connectivity index (χ4v) is 3.81. The van der Waals surface area contributed by atoms with Crippen LogP contribution in [0.1, 0.15) is 56.4 Å². The fraction of sp³-hybridized carbons (Fsp3) is 0.611. The van der Waals surface area contributed by atoms with Crippen molar-refractivity contribution in [3.05, 3.63) is 35.6 Å². The average Bonchev–Trinajstić information content (AvgIpc) is 3.27. The molecule has 2 aliphatic rings. The van der Waals surface area contributed by atoms with Gasteiger partial charge in [-0.05, 0) is 48.9 Å². The molecule has 0 spiro atoms. The molecule has 2 unspecified atom stereocenters. The first-order valence-corrected chi connectivity index (χ1v) is 8.37. The summed E-state index contributed by atoms with van der Waals surface area (Å²) >= 11 is 0. The topological polar surface area (TPSA) is 55.1 Å². The number of halogens is 2. The first-order valence-electron chi connectivity index (χ1n) is 8.37. The molecular formula is C18H26ClFN2O. The standard InChI is InChI=1S/C18H25FN2O.ClH/c19-14-6-4-5-13(9-14)15-10-16(15)21-17(22)11-18(12-20)7-2-1-3-8-18;/h4-6,9,15-16H,1-3,7-8,10-12,20H2,(H,21,22);1H. The Bertz CT molecular complexity index is 546. The number of nitrogens with one attached hydrogen (secondary N) is 1. The lowest BCUT2D eigenvalue weighted by Crippen LogP contribution is -2.39. The molecule has 3 N–H and O–H groups in total. The summed E-state index contributed by atoms with van der Waals surface area (Å²) in [7, 11) is 0. The Balaban J connectivity index is 0.00000192. The Hall–Kier alpha value is -1.13. The zero-order valence-electron chi connectivity index (χ0n) is 13.4. The van der Waals surface area contributed by atoms with E-state index in [1.54, 1.807) is 12.1 Å². The van der Waals surface area contributed by atoms with Gasteiger partial charge >= 0.3 is 0 Å². The predicted molar refractivity (Wildman–Crippen MR) is 92.1 cm³/mol. The second-order valence-corrected chi connectivity index (χ2v) is 7.01. The lowest BCUT2D eigenvalue weighted by atomic mass is 9.71. The quantitative estimate of drug-likeness (QED) is 0.861. The highest BCUT2D eigenvalue weighted by atomic mass is 35.5. The minimum absolute atomic E-state index is 0. The lowest BCUT2D eigenvalue weighted by molar-refractivity contribution is -0.124. The van der Waals surface area contributed by atoms with Crippen molar-refractivity contribution in [2.45, 2.75) is 56.9 Å². The van der Waals surface area contributed by atoms with Crippen LogP contribution in [0.25, 0.3) is 0 Å². The van der Waals surface area contributed by atoms with Gasteiger partial charge in [0, 0.05) is 18.4 Å². The van der Waals surface area contributed by atoms with Gasteiger partial charge in [0.2, 0.25) is 5.91 Å². The highest BCUT2D eigenvalue weighted by molar-refractivity contribution is 5.85. The second-order valence-electron chi connectivity index (χ2n) is 7.01. The van der Waals surface area contributed by atoms with Crippen LogP contribution in [0.2, 0.25) is 0 Å². The highest BCUT2D eigenvalue weighted by Crippen LogP contribution is 2.42. The molecule has 3 rings (SSSR count). The summed E-state index contributed by atoms with van der Waals surface area (Å²) in [5.41, 5.74) is 6.93. The van der Waals surface area contributed by atoms with E-state index in [9.17, 15) is 9.18 Å². The molecule has 0 bridgehead atoms. The number of amides is 1. The third-order valence-corrected chi connectivity index (χ3v) is 5.30. The Morgan fingerprint density at radius 1 is 1.30 bits per heavy atom. The van der Waals surface area contributed by atoms with Crippen LogP contribution in [0, 0.1) is 11.2 Å². The third-order valence-electron chi connectivity index (χ3n) is 5.30. The van der Waals surface area contributed by atoms with E-state index in [1.807, 2.05) is 6.07 Å². The van der Waals surface area contributed by atoms with E-state index in [0.29, 0.717) is 13.0 Å². The maximum atomic E-state index is 13.2. The molecular weight excluding hydrogens is 315 g/mol. The van der Waals surface area contributed by atoms with Crippen molar-refractivity contribution < 1.29 is 9.18 Å². The molecule has 0 aromatic heterocycles. The maximum absolute atomic E-state index is 13.2. The van der Waals surface area contributed by atoms with Crippen molar-refractivity contribution in [2.24, 2.45) is 11.1 Å². The van der Waals surface area contributed by atoms with Crippen molar-refractivity contribution in [1.82, 2.24) is 5.32 Å². The largest absolute Gasteiger partial charge is 0.353 e. The summed E-state index contributed by atoms with van der Waals surface area (Å²) in [6.07, 6.45) is 7.19. The minimum atomic E-state index is -0.209. The summed E-state index contributed by atoms with van der Waals surface area (Å²) in [6.45, 7) is 0.596. The van der Waals surface area contributed by atoms with Crippen LogP contribution >= 0.6 is 12.4 Å². The number of nitrogens with two attached hydrogens (primary N) is 1. The van der Waals surface area contributed by atoms with Gasteiger partial charge in [0.15, 0.2) is 0 Å². The summed E-state index contributed by atoms with van der Waals surface area (Å²) in [5, 5.41) is 3.11. The van der Waals surface area contributed by atoms with Crippen LogP contribution in [0.4, 0.5) is 4.39 Å². The van der Waals surface area contributed by atoms with Crippen molar-refractivity contribution in [2.75, 3.05) is 6.54 Å². The molecule has 0 radical (unpaired) electrons. The molecule has 1 amide bonds. The van der Waals surface area contributed by atoms with Gasteiger partial charge < -0.3 is 11.1 Å². The highest BCUT2D eigenvalue weighted by Gasteiger charge is 2.41. The van der Waals surface area contributed by atoms with Gasteiger partial charge in [-0.2, -0.15) is 0 Å². The van der Waals surface area contributed by atoms with E-state index in [4.69, 9.17) is 5.73 Å². The van der Waals surface area contributed by atoms with Crippen molar-refractivity contribution >= 4 is 18.3 Å². The molecule has 1 aromatic rings. The van der Waals surface area contributed by atoms with Crippen molar-refractivity contribution in [3.8, 4) is 0 Å². The van der Waals surface area contributed by atoms with Gasteiger partial charge in [-0.15, -0.1) is 12.4 Å². The zero-order valence-corrected chi connectivity index (χ0v) is 14.2. The average molecular weight is 341 g/mol. The molecule has 2 atom stereocenters. The van der Waals surface area contributed by atoms with Gasteiger partial charge in [0.05, 0.1) is 0 Å². The van der Waals surface area contributed by atoms with E-state index < -0.39 is 0 Å². The van der Waals surface area contributed by atoms with Crippen LogP contribution in [0.5, 0.6) is 0 Å². The summed E-state index contributed by atoms with van der Waals surface area (Å²) in [5.74, 6) is 0.162. The van der Waals surface area contributed by atoms with Gasteiger partial charge in [0.25, 0.3) is 0 Å². The Labute approximate surface area is 143 Å². The van der Waals surface area contributed by atoms with Crippen molar-refractivity contribution in [1.29, 1.82) is 0 Å². The first-order chi connectivity index (χ1) is 10.6. The maximum Gasteiger partial charge on any atom is 0.220 e. The molecule has 1 aromatic carbocycles. The smallest absolute Gasteiger partial charge is 0.220 e. The number of hydrogen-bond donors (Lipinski definition) is 2. The Morgan fingerprint density at radius 3 is 2.70 bits per heavy atom. The molecule has 2 fully saturated rings. The zero-order chi connectivity index (χ0) is 15.6. The second kappa shape index (κ2) is 7.63. The number of rotatable bonds is 5. The Kier molecular flexibility index (Phi) is 6.04. The molecule has 0 aliphatic heterocycles. The lowest BCUT2D eigenvalue weighted by Gasteiger charge is -2.35. The molecule has 2 saturated carbocycles. The molecule has 3 nitrogen and oxygen atoms in total. The van der Waals surface area contributed by atoms with Gasteiger partial charge in [-0.25, -0.2) is 4.39 Å². The summed E-state index contributed by atoms with van der Waals surface area (Å²) in [6, 6.07) is 6.84. The number of hydrogen-bond acceptors (Lipinski definition) is 2. The molecule has 0 saturated heterocycles. The number of carbonyl (C=O) groups is 1. The van der Waals surface area contributed by atoms with E-state index in [-0.39, 0.29) is 41.5 Å². The minimum Gasteiger partial charge on any atom is -0.353 e. The predicted octanol–water partition coefficient (Wildman–Crippen LogP) is 3.52. The van der Waals surface area contributed by atoms with Gasteiger partial charge in [-0.3, -0.25) is 4.79 Å². The van der Waals surface area contributed by atoms with Gasteiger partial charge in [0.1, 0.15) is 5.82 Å². The molecule has 0 heterocycles. The normalized spacial score (nSPS) is 25.3. The molecule has 2 aliphatic carbocycles. The molecule has 23 heavy (non-hydrogen) atoms. The summed E-state index contributed by atoms with van der Waals surface area (Å²) < 4.78 is 13.2. The molecule has 5 heteroatoms. The Morgan fingerprint density at radius 2 is 2.04 bits per heavy atom. The third kappa shape index (κ3) is 4.45. The van der Waals surface area contributed by atoms with Crippen molar-refractivity contribution in [3.63, 3.8) is 0 Å². The van der Waals surface area contributed by atoms with Crippen LogP contribution in [0.3, 0.4) is 0 Å². The van der Waals surface area contributed by atoms with E-state index in [1.165, 1.54) is 25.3 Å². The van der Waals surface area contributed by atoms with Crippen LogP contribution in [0.15, 0.2) is 24.3 Å². The summed E-state index contributed by atoms with van der Waals surface area (Å²) in [4.78, 5) is 12.3. The van der Waals surface area contributed by atoms with Crippen LogP contribution < -0.4 is 11.1 Å².